The maximum absolute atomic E-state index is 15.3. The smallest absolute Gasteiger partial charge is 0.264 e. The highest BCUT2D eigenvalue weighted by Crippen LogP contribution is 2.45. The summed E-state index contributed by atoms with van der Waals surface area (Å²) in [6, 6.07) is 4.14. The fourth-order valence-electron chi connectivity index (χ4n) is 13.0. The van der Waals surface area contributed by atoms with Gasteiger partial charge in [0, 0.05) is 106 Å². The van der Waals surface area contributed by atoms with Crippen LogP contribution in [0.1, 0.15) is 146 Å². The van der Waals surface area contributed by atoms with Crippen molar-refractivity contribution in [2.24, 2.45) is 0 Å². The van der Waals surface area contributed by atoms with E-state index < -0.39 is 41.8 Å². The Kier molecular flexibility index (Phi) is 34.3. The average molecular weight is 1480 g/mol. The summed E-state index contributed by atoms with van der Waals surface area (Å²) < 4.78 is 61.9. The van der Waals surface area contributed by atoms with Crippen LogP contribution in [0.2, 0.25) is 0 Å². The Balaban J connectivity index is 0.728. The Morgan fingerprint density at radius 2 is 1.17 bits per heavy atom. The van der Waals surface area contributed by atoms with Crippen molar-refractivity contribution in [1.29, 1.82) is 0 Å². The Labute approximate surface area is 619 Å². The van der Waals surface area contributed by atoms with Crippen LogP contribution in [0.4, 0.5) is 0 Å². The Morgan fingerprint density at radius 1 is 0.623 bits per heavy atom. The Morgan fingerprint density at radius 3 is 1.77 bits per heavy atom. The first-order valence-electron chi connectivity index (χ1n) is 36.9. The van der Waals surface area contributed by atoms with Crippen LogP contribution in [0.25, 0.3) is 33.3 Å². The molecule has 5 atom stereocenters. The summed E-state index contributed by atoms with van der Waals surface area (Å²) in [7, 11) is 1.66. The van der Waals surface area contributed by atoms with Gasteiger partial charge in [-0.1, -0.05) is 13.8 Å². The number of hydrogen-bond donors (Lipinski definition) is 6. The molecule has 0 aliphatic carbocycles. The number of morpholine rings is 1. The lowest BCUT2D eigenvalue weighted by atomic mass is 9.84. The summed E-state index contributed by atoms with van der Waals surface area (Å²) in [4.78, 5) is 129. The zero-order valence-corrected chi connectivity index (χ0v) is 63.0. The zero-order chi connectivity index (χ0) is 76.1. The number of carbonyl (C=O) groups is 8. The molecule has 8 bridgehead atoms. The number of imide groups is 2. The first kappa shape index (κ1) is 83.9. The number of hydrogen-bond acceptors (Lipinski definition) is 23. The number of H-pyrrole nitrogens is 2. The van der Waals surface area contributed by atoms with Crippen LogP contribution in [0.5, 0.6) is 0 Å². The number of allylic oxidation sites excluding steroid dienone is 3. The van der Waals surface area contributed by atoms with Gasteiger partial charge in [-0.15, -0.1) is 0 Å². The number of aromatic nitrogens is 4. The third kappa shape index (κ3) is 23.9. The molecule has 106 heavy (non-hydrogen) atoms. The number of nitrogens with zero attached hydrogens (tertiary/aromatic N) is 6. The highest BCUT2D eigenvalue weighted by atomic mass is 16.6. The van der Waals surface area contributed by atoms with E-state index in [1.165, 1.54) is 28.9 Å². The van der Waals surface area contributed by atoms with Crippen molar-refractivity contribution in [3.8, 4) is 0 Å². The van der Waals surface area contributed by atoms with Gasteiger partial charge in [-0.2, -0.15) is 0 Å². The molecule has 1 unspecified atom stereocenters. The predicted octanol–water partition coefficient (Wildman–Crippen LogP) is 3.66. The molecule has 0 aromatic carbocycles. The molecule has 8 heterocycles. The molecule has 0 saturated carbocycles. The zero-order valence-electron chi connectivity index (χ0n) is 63.0. The van der Waals surface area contributed by atoms with Crippen LogP contribution in [-0.2, 0) is 80.9 Å². The monoisotopic (exact) mass is 1480 g/mol. The van der Waals surface area contributed by atoms with Gasteiger partial charge in [-0.05, 0) is 94.9 Å². The van der Waals surface area contributed by atoms with Crippen molar-refractivity contribution in [3.63, 3.8) is 0 Å². The normalized spacial score (nSPS) is 17.2. The van der Waals surface area contributed by atoms with Crippen molar-refractivity contribution in [1.82, 2.24) is 55.5 Å². The lowest BCUT2D eigenvalue weighted by Gasteiger charge is -2.31. The first-order chi connectivity index (χ1) is 51.2. The molecular formula is C75H109N11O20. The first-order valence-corrected chi connectivity index (χ1v) is 36.9. The second-order valence-electron chi connectivity index (χ2n) is 26.4. The number of likely N-dealkylation sites (N-methyl/N-ethyl adjacent to an activating group) is 1. The van der Waals surface area contributed by atoms with E-state index in [9.17, 15) is 38.7 Å². The number of fused-ring (bicyclic) bond motifs is 8. The van der Waals surface area contributed by atoms with Crippen molar-refractivity contribution < 1.29 is 95.6 Å². The molecule has 2 aromatic heterocycles. The minimum absolute atomic E-state index is 0.0156. The lowest BCUT2D eigenvalue weighted by molar-refractivity contribution is -0.138. The number of rotatable bonds is 48. The highest BCUT2D eigenvalue weighted by molar-refractivity contribution is 6.23. The van der Waals surface area contributed by atoms with Crippen LogP contribution in [0, 0.1) is 6.92 Å². The number of aliphatic hydroxyl groups is 1. The van der Waals surface area contributed by atoms with E-state index in [1.54, 1.807) is 14.0 Å². The van der Waals surface area contributed by atoms with Crippen LogP contribution >= 0.6 is 0 Å². The third-order valence-electron chi connectivity index (χ3n) is 19.1. The Hall–Kier alpha value is -7.76. The molecule has 0 spiro atoms. The van der Waals surface area contributed by atoms with Crippen molar-refractivity contribution >= 4 is 80.6 Å². The summed E-state index contributed by atoms with van der Waals surface area (Å²) in [5.41, 5.74) is 10.4. The van der Waals surface area contributed by atoms with Gasteiger partial charge in [-0.25, -0.2) is 9.97 Å². The van der Waals surface area contributed by atoms with Crippen molar-refractivity contribution in [3.05, 3.63) is 81.2 Å². The molecule has 1 fully saturated rings. The van der Waals surface area contributed by atoms with Crippen LogP contribution in [0.3, 0.4) is 0 Å². The maximum atomic E-state index is 15.3. The van der Waals surface area contributed by atoms with Gasteiger partial charge in [0.15, 0.2) is 0 Å². The minimum Gasteiger partial charge on any atom is -0.395 e. The molecule has 1 saturated heterocycles. The molecule has 6 aliphatic rings. The van der Waals surface area contributed by atoms with Gasteiger partial charge < -0.3 is 88.0 Å². The second-order valence-corrected chi connectivity index (χ2v) is 26.4. The molecule has 31 nitrogen and oxygen atoms in total. The van der Waals surface area contributed by atoms with E-state index >= 15 is 4.79 Å². The number of nitrogens with one attached hydrogen (secondary N) is 5. The van der Waals surface area contributed by atoms with Crippen LogP contribution in [-0.4, -0.2) is 308 Å². The van der Waals surface area contributed by atoms with Gasteiger partial charge in [-0.3, -0.25) is 53.1 Å². The van der Waals surface area contributed by atoms with E-state index in [1.807, 2.05) is 45.9 Å². The number of aromatic amines is 2. The van der Waals surface area contributed by atoms with E-state index in [0.717, 1.165) is 44.3 Å². The molecule has 0 radical (unpaired) electrons. The fourth-order valence-corrected chi connectivity index (χ4v) is 13.0. The third-order valence-corrected chi connectivity index (χ3v) is 19.1. The quantitative estimate of drug-likeness (QED) is 0.0407. The largest absolute Gasteiger partial charge is 0.395 e. The van der Waals surface area contributed by atoms with Crippen LogP contribution < -0.4 is 16.0 Å². The second kappa shape index (κ2) is 43.3. The number of amides is 8. The highest BCUT2D eigenvalue weighted by Gasteiger charge is 2.41. The summed E-state index contributed by atoms with van der Waals surface area (Å²) in [5.74, 6) is -3.58. The topological polar surface area (TPSA) is 365 Å². The number of ether oxygens (including phenoxy) is 11. The fraction of sp³-hybridized carbons (Fsp3) is 0.627. The molecular weight excluding hydrogens is 1370 g/mol. The molecule has 6 aliphatic heterocycles. The van der Waals surface area contributed by atoms with Gasteiger partial charge in [0.2, 0.25) is 23.6 Å². The minimum atomic E-state index is -0.914. The standard InChI is InChI=1S/C75H109N11O20/c1-10-55-48(2)57-47-62-67(50(4)59(80-62)45-58-49(3)56(11-12-64(89)83(9)19-23-87)70(81-58)69-71-68(51(5)60(82-71)46-61(55)79-57)74(94)86(75(69)95)18-17-84-20-26-98-27-21-84)54(8)106-44-43-97-25-16-76-72(92)52(6)78-73(93)53(7)77-63(88)15-24-96-29-31-100-33-35-102-37-39-104-41-42-105-40-38-103-36-34-101-32-30-99-28-22-85-65(90)13-14-66(85)91/h13-14,45-47,49,52-54,56,81-82,87H,10-12,15-44H2,1-9H3,(H,76,92)(H,77,88)(H,78,93)/t49-,52-,53-,54?,56-/m0/s1. The maximum Gasteiger partial charge on any atom is 0.264 e. The van der Waals surface area contributed by atoms with E-state index in [-0.39, 0.29) is 121 Å². The molecule has 8 rings (SSSR count). The summed E-state index contributed by atoms with van der Waals surface area (Å²) in [6.07, 6.45) is 3.20. The van der Waals surface area contributed by atoms with Crippen molar-refractivity contribution in [2.75, 3.05) is 198 Å². The van der Waals surface area contributed by atoms with E-state index in [4.69, 9.17) is 62.1 Å². The molecule has 8 amide bonds. The summed E-state index contributed by atoms with van der Waals surface area (Å²) in [5, 5.41) is 17.7. The number of aliphatic hydroxyl groups excluding tert-OH is 1. The Bertz CT molecular complexity index is 3640. The predicted molar refractivity (Wildman–Crippen MR) is 392 cm³/mol. The van der Waals surface area contributed by atoms with Gasteiger partial charge in [0.05, 0.1) is 197 Å². The van der Waals surface area contributed by atoms with E-state index in [0.29, 0.717) is 176 Å². The SMILES string of the molecule is CCC1=C(C)c2cc3nc(cc4[nH]c(c5c6[nH]c(cc1n2)c(C)c6C(=O)N(CCN1CCOCC1)C5=O)[C@@H](CCC(=O)N(C)CCO)[C@@H]4C)C(C)=C3C(C)OCCOCCNC(=O)[C@H](C)NC(=O)[C@H](C)NC(=O)CCOCCOCCOCCOCCOCCOCCOCCOCCN1C(=O)C=CC1=O. The molecule has 6 N–H and O–H groups in total. The van der Waals surface area contributed by atoms with Gasteiger partial charge >= 0.3 is 0 Å². The van der Waals surface area contributed by atoms with E-state index in [2.05, 4.69) is 44.7 Å². The summed E-state index contributed by atoms with van der Waals surface area (Å²) in [6.45, 7) is 24.8. The number of aryl methyl sites for hydroxylation is 1. The number of carbonyl (C=O) groups excluding carboxylic acids is 8. The van der Waals surface area contributed by atoms with Crippen molar-refractivity contribution in [2.45, 2.75) is 111 Å². The molecule has 584 valence electrons. The van der Waals surface area contributed by atoms with Gasteiger partial charge in [0.25, 0.3) is 23.6 Å². The van der Waals surface area contributed by atoms with Gasteiger partial charge in [0.1, 0.15) is 12.1 Å². The average Bonchev–Trinajstić information content (AvgIpc) is 1.55. The lowest BCUT2D eigenvalue weighted by Crippen LogP contribution is -2.52. The molecule has 31 heteroatoms. The van der Waals surface area contributed by atoms with Crippen LogP contribution in [0.15, 0.2) is 30.4 Å². The molecule has 2 aromatic rings. The summed E-state index contributed by atoms with van der Waals surface area (Å²) >= 11 is 0.